The van der Waals surface area contributed by atoms with Crippen LogP contribution in [0.2, 0.25) is 0 Å². The molecule has 1 saturated carbocycles. The third kappa shape index (κ3) is 4.56. The van der Waals surface area contributed by atoms with E-state index in [-0.39, 0.29) is 16.7 Å². The summed E-state index contributed by atoms with van der Waals surface area (Å²) in [7, 11) is -4.00. The molecule has 0 radical (unpaired) electrons. The molecule has 2 aromatic rings. The summed E-state index contributed by atoms with van der Waals surface area (Å²) in [5, 5.41) is 3.05. The number of benzene rings is 1. The molecule has 2 N–H and O–H groups in total. The summed E-state index contributed by atoms with van der Waals surface area (Å²) in [5.41, 5.74) is 0.758. The second-order valence-electron chi connectivity index (χ2n) is 7.96. The molecule has 1 aliphatic carbocycles. The zero-order valence-electron chi connectivity index (χ0n) is 16.8. The molecule has 1 amide bonds. The van der Waals surface area contributed by atoms with Crippen LogP contribution in [0.4, 0.5) is 15.9 Å². The Bertz CT molecular complexity index is 1060. The van der Waals surface area contributed by atoms with Crippen LogP contribution in [0.1, 0.15) is 31.2 Å². The van der Waals surface area contributed by atoms with Crippen molar-refractivity contribution in [2.75, 3.05) is 22.7 Å². The van der Waals surface area contributed by atoms with Gasteiger partial charge in [0.05, 0.1) is 16.5 Å². The van der Waals surface area contributed by atoms with Crippen molar-refractivity contribution in [3.8, 4) is 0 Å². The van der Waals surface area contributed by atoms with E-state index in [9.17, 15) is 17.6 Å². The monoisotopic (exact) mass is 432 g/mol. The van der Waals surface area contributed by atoms with Gasteiger partial charge in [0, 0.05) is 25.3 Å². The Morgan fingerprint density at radius 1 is 1.23 bits per heavy atom. The van der Waals surface area contributed by atoms with E-state index in [0.29, 0.717) is 36.2 Å². The minimum Gasteiger partial charge on any atom is -0.354 e. The number of hydrogen-bond donors (Lipinski definition) is 2. The summed E-state index contributed by atoms with van der Waals surface area (Å²) in [6, 6.07) is 7.24. The van der Waals surface area contributed by atoms with Gasteiger partial charge in [-0.15, -0.1) is 0 Å². The van der Waals surface area contributed by atoms with Crippen LogP contribution >= 0.6 is 0 Å². The van der Waals surface area contributed by atoms with Crippen LogP contribution in [-0.2, 0) is 14.8 Å². The molecule has 2 aliphatic rings. The van der Waals surface area contributed by atoms with Gasteiger partial charge in [0.2, 0.25) is 5.91 Å². The standard InChI is InChI=1S/C21H25FN4O3S/c1-14-6-7-16(22)12-19(14)30(28,29)25-18-5-2-10-23-20(18)26-11-3-4-15(13-26)21(27)24-17-8-9-17/h2,5-7,10,12,15,17,25H,3-4,8-9,11,13H2,1H3,(H,24,27). The fourth-order valence-corrected chi connectivity index (χ4v) is 5.04. The smallest absolute Gasteiger partial charge is 0.262 e. The van der Waals surface area contributed by atoms with Crippen molar-refractivity contribution >= 4 is 27.4 Å². The molecule has 1 aliphatic heterocycles. The summed E-state index contributed by atoms with van der Waals surface area (Å²) >= 11 is 0. The van der Waals surface area contributed by atoms with Gasteiger partial charge in [-0.1, -0.05) is 6.07 Å². The number of aryl methyl sites for hydroxylation is 1. The Kier molecular flexibility index (Phi) is 5.64. The number of piperidine rings is 1. The minimum absolute atomic E-state index is 0.0515. The second-order valence-corrected chi connectivity index (χ2v) is 9.61. The summed E-state index contributed by atoms with van der Waals surface area (Å²) in [6.07, 6.45) is 5.27. The third-order valence-electron chi connectivity index (χ3n) is 5.49. The summed E-state index contributed by atoms with van der Waals surface area (Å²) in [6.45, 7) is 2.77. The fourth-order valence-electron chi connectivity index (χ4n) is 3.72. The molecule has 2 heterocycles. The van der Waals surface area contributed by atoms with E-state index in [1.807, 2.05) is 4.90 Å². The molecule has 9 heteroatoms. The highest BCUT2D eigenvalue weighted by molar-refractivity contribution is 7.92. The van der Waals surface area contributed by atoms with Gasteiger partial charge in [-0.3, -0.25) is 9.52 Å². The van der Waals surface area contributed by atoms with E-state index in [2.05, 4.69) is 15.0 Å². The van der Waals surface area contributed by atoms with Gasteiger partial charge in [0.1, 0.15) is 5.82 Å². The van der Waals surface area contributed by atoms with Crippen molar-refractivity contribution in [1.29, 1.82) is 0 Å². The zero-order chi connectivity index (χ0) is 21.3. The van der Waals surface area contributed by atoms with Gasteiger partial charge >= 0.3 is 0 Å². The average Bonchev–Trinajstić information content (AvgIpc) is 3.54. The van der Waals surface area contributed by atoms with E-state index in [4.69, 9.17) is 0 Å². The summed E-state index contributed by atoms with van der Waals surface area (Å²) < 4.78 is 42.0. The highest BCUT2D eigenvalue weighted by atomic mass is 32.2. The largest absolute Gasteiger partial charge is 0.354 e. The molecule has 1 atom stereocenters. The molecule has 0 spiro atoms. The first-order valence-electron chi connectivity index (χ1n) is 10.1. The number of nitrogens with one attached hydrogen (secondary N) is 2. The average molecular weight is 433 g/mol. The van der Waals surface area contributed by atoms with Crippen LogP contribution in [-0.4, -0.2) is 38.4 Å². The van der Waals surface area contributed by atoms with E-state index in [0.717, 1.165) is 31.7 Å². The number of carbonyl (C=O) groups excluding carboxylic acids is 1. The van der Waals surface area contributed by atoms with Crippen LogP contribution in [0.5, 0.6) is 0 Å². The summed E-state index contributed by atoms with van der Waals surface area (Å²) in [4.78, 5) is 18.7. The molecule has 2 fully saturated rings. The van der Waals surface area contributed by atoms with Crippen LogP contribution in [0, 0.1) is 18.7 Å². The lowest BCUT2D eigenvalue weighted by molar-refractivity contribution is -0.125. The highest BCUT2D eigenvalue weighted by Gasteiger charge is 2.32. The first-order chi connectivity index (χ1) is 14.3. The highest BCUT2D eigenvalue weighted by Crippen LogP contribution is 2.30. The number of rotatable bonds is 6. The first-order valence-corrected chi connectivity index (χ1v) is 11.6. The lowest BCUT2D eigenvalue weighted by Crippen LogP contribution is -2.44. The van der Waals surface area contributed by atoms with Gasteiger partial charge < -0.3 is 10.2 Å². The van der Waals surface area contributed by atoms with Crippen molar-refractivity contribution in [2.24, 2.45) is 5.92 Å². The van der Waals surface area contributed by atoms with E-state index in [1.165, 1.54) is 12.1 Å². The Morgan fingerprint density at radius 2 is 2.03 bits per heavy atom. The molecular weight excluding hydrogens is 407 g/mol. The summed E-state index contributed by atoms with van der Waals surface area (Å²) in [5.74, 6) is -0.251. The second kappa shape index (κ2) is 8.22. The van der Waals surface area contributed by atoms with Crippen molar-refractivity contribution < 1.29 is 17.6 Å². The lowest BCUT2D eigenvalue weighted by Gasteiger charge is -2.34. The Balaban J connectivity index is 1.56. The maximum atomic E-state index is 13.6. The topological polar surface area (TPSA) is 91.4 Å². The molecule has 0 bridgehead atoms. The number of aromatic nitrogens is 1. The van der Waals surface area contributed by atoms with Gasteiger partial charge in [0.15, 0.2) is 5.82 Å². The molecule has 1 saturated heterocycles. The fraction of sp³-hybridized carbons (Fsp3) is 0.429. The number of anilines is 2. The van der Waals surface area contributed by atoms with Crippen molar-refractivity contribution in [1.82, 2.24) is 10.3 Å². The molecule has 7 nitrogen and oxygen atoms in total. The minimum atomic E-state index is -4.00. The Hall–Kier alpha value is -2.68. The third-order valence-corrected chi connectivity index (χ3v) is 6.99. The molecule has 4 rings (SSSR count). The van der Waals surface area contributed by atoms with Gasteiger partial charge in [-0.05, 0) is 62.4 Å². The van der Waals surface area contributed by atoms with E-state index in [1.54, 1.807) is 25.3 Å². The van der Waals surface area contributed by atoms with E-state index < -0.39 is 15.8 Å². The van der Waals surface area contributed by atoms with Gasteiger partial charge in [0.25, 0.3) is 10.0 Å². The number of carbonyl (C=O) groups is 1. The first kappa shape index (κ1) is 20.6. The Labute approximate surface area is 175 Å². The zero-order valence-corrected chi connectivity index (χ0v) is 17.6. The molecule has 1 unspecified atom stereocenters. The van der Waals surface area contributed by atoms with Crippen LogP contribution in [0.25, 0.3) is 0 Å². The number of nitrogens with zero attached hydrogens (tertiary/aromatic N) is 2. The van der Waals surface area contributed by atoms with E-state index >= 15 is 0 Å². The lowest BCUT2D eigenvalue weighted by atomic mass is 9.97. The van der Waals surface area contributed by atoms with Crippen molar-refractivity contribution in [3.63, 3.8) is 0 Å². The predicted molar refractivity (Wildman–Crippen MR) is 112 cm³/mol. The normalized spacial score (nSPS) is 19.4. The van der Waals surface area contributed by atoms with Crippen molar-refractivity contribution in [2.45, 2.75) is 43.5 Å². The molecule has 1 aromatic carbocycles. The SMILES string of the molecule is Cc1ccc(F)cc1S(=O)(=O)Nc1cccnc1N1CCCC(C(=O)NC2CC2)C1. The number of halogens is 1. The van der Waals surface area contributed by atoms with Crippen LogP contribution in [0.15, 0.2) is 41.4 Å². The maximum Gasteiger partial charge on any atom is 0.262 e. The Morgan fingerprint density at radius 3 is 2.80 bits per heavy atom. The van der Waals surface area contributed by atoms with Crippen molar-refractivity contribution in [3.05, 3.63) is 47.9 Å². The van der Waals surface area contributed by atoms with Crippen LogP contribution in [0.3, 0.4) is 0 Å². The van der Waals surface area contributed by atoms with Crippen LogP contribution < -0.4 is 14.9 Å². The number of hydrogen-bond acceptors (Lipinski definition) is 5. The predicted octanol–water partition coefficient (Wildman–Crippen LogP) is 2.82. The maximum absolute atomic E-state index is 13.6. The molecule has 160 valence electrons. The number of amides is 1. The molecule has 30 heavy (non-hydrogen) atoms. The number of sulfonamides is 1. The quantitative estimate of drug-likeness (QED) is 0.733. The van der Waals surface area contributed by atoms with Gasteiger partial charge in [-0.25, -0.2) is 17.8 Å². The molecular formula is C21H25FN4O3S. The van der Waals surface area contributed by atoms with Gasteiger partial charge in [-0.2, -0.15) is 0 Å². The number of pyridine rings is 1. The molecule has 1 aromatic heterocycles.